The molecule has 0 spiro atoms. The molecule has 33 heavy (non-hydrogen) atoms. The highest BCUT2D eigenvalue weighted by Crippen LogP contribution is 2.30. The van der Waals surface area contributed by atoms with Crippen LogP contribution < -0.4 is 5.43 Å². The van der Waals surface area contributed by atoms with Crippen molar-refractivity contribution < 1.29 is 0 Å². The Morgan fingerprint density at radius 3 is 1.91 bits per heavy atom. The Morgan fingerprint density at radius 2 is 1.30 bits per heavy atom. The van der Waals surface area contributed by atoms with Crippen LogP contribution in [0.1, 0.15) is 127 Å². The molecule has 2 heteroatoms. The van der Waals surface area contributed by atoms with E-state index in [4.69, 9.17) is 0 Å². The third-order valence-electron chi connectivity index (χ3n) is 7.34. The van der Waals surface area contributed by atoms with E-state index >= 15 is 0 Å². The van der Waals surface area contributed by atoms with Crippen LogP contribution in [-0.2, 0) is 6.42 Å². The summed E-state index contributed by atoms with van der Waals surface area (Å²) in [5.41, 5.74) is 1.32. The summed E-state index contributed by atoms with van der Waals surface area (Å²) < 4.78 is 1.11. The maximum absolute atomic E-state index is 12.9. The summed E-state index contributed by atoms with van der Waals surface area (Å²) in [4.78, 5) is 14.1. The topological polar surface area (TPSA) is 17.1 Å². The fourth-order valence-electron chi connectivity index (χ4n) is 5.23. The summed E-state index contributed by atoms with van der Waals surface area (Å²) in [5, 5.41) is 0.901. The van der Waals surface area contributed by atoms with E-state index in [2.05, 4.69) is 25.1 Å². The second kappa shape index (κ2) is 15.5. The first kappa shape index (κ1) is 26.2. The van der Waals surface area contributed by atoms with E-state index in [0.717, 1.165) is 22.1 Å². The zero-order chi connectivity index (χ0) is 23.1. The molecule has 1 heterocycles. The van der Waals surface area contributed by atoms with Crippen LogP contribution in [0.2, 0.25) is 0 Å². The Morgan fingerprint density at radius 1 is 0.758 bits per heavy atom. The standard InChI is InChI=1S/C31H46OS/c1-2-3-4-5-6-7-8-9-10-11-12-13-14-15-16-17-20-26-23-24-30-28(25-26)31(32)27-21-18-19-22-29(27)33-30/h18-19,21-24,26H,2-17,20,25H2,1H3. The zero-order valence-corrected chi connectivity index (χ0v) is 21.9. The van der Waals surface area contributed by atoms with E-state index in [1.807, 2.05) is 18.2 Å². The molecule has 1 nitrogen and oxygen atoms in total. The van der Waals surface area contributed by atoms with E-state index in [9.17, 15) is 4.79 Å². The van der Waals surface area contributed by atoms with Gasteiger partial charge in [0, 0.05) is 20.5 Å². The lowest BCUT2D eigenvalue weighted by atomic mass is 9.89. The monoisotopic (exact) mass is 466 g/mol. The van der Waals surface area contributed by atoms with Crippen LogP contribution in [-0.4, -0.2) is 0 Å². The number of allylic oxidation sites excluding steroid dienone is 1. The summed E-state index contributed by atoms with van der Waals surface area (Å²) in [6, 6.07) is 8.06. The molecular formula is C31H46OS. The molecule has 3 rings (SSSR count). The van der Waals surface area contributed by atoms with Gasteiger partial charge in [-0.25, -0.2) is 0 Å². The Bertz CT molecular complexity index is 893. The minimum atomic E-state index is 0.265. The van der Waals surface area contributed by atoms with E-state index in [1.54, 1.807) is 11.3 Å². The van der Waals surface area contributed by atoms with Crippen LogP contribution in [0, 0.1) is 5.92 Å². The van der Waals surface area contributed by atoms with Gasteiger partial charge in [-0.2, -0.15) is 0 Å². The van der Waals surface area contributed by atoms with E-state index < -0.39 is 0 Å². The fraction of sp³-hybridized carbons (Fsp3) is 0.645. The van der Waals surface area contributed by atoms with Crippen molar-refractivity contribution >= 4 is 27.5 Å². The van der Waals surface area contributed by atoms with Crippen LogP contribution in [0.25, 0.3) is 16.2 Å². The highest BCUT2D eigenvalue weighted by molar-refractivity contribution is 7.19. The number of fused-ring (bicyclic) bond motifs is 2. The SMILES string of the molecule is CCCCCCCCCCCCCCCCCCC1C=Cc2sc3ccccc3c(=O)c2C1. The predicted octanol–water partition coefficient (Wildman–Crippen LogP) is 10.1. The quantitative estimate of drug-likeness (QED) is 0.212. The van der Waals surface area contributed by atoms with Crippen LogP contribution in [0.4, 0.5) is 0 Å². The molecule has 0 saturated carbocycles. The summed E-state index contributed by atoms with van der Waals surface area (Å²) in [5.74, 6) is 0.546. The maximum Gasteiger partial charge on any atom is 0.191 e. The normalized spacial score (nSPS) is 15.2. The zero-order valence-electron chi connectivity index (χ0n) is 21.1. The Labute approximate surface area is 206 Å². The van der Waals surface area contributed by atoms with Crippen LogP contribution >= 0.6 is 11.3 Å². The molecule has 182 valence electrons. The van der Waals surface area contributed by atoms with Crippen molar-refractivity contribution in [1.82, 2.24) is 0 Å². The molecule has 1 aliphatic rings. The van der Waals surface area contributed by atoms with Crippen molar-refractivity contribution in [3.63, 3.8) is 0 Å². The molecule has 2 aromatic rings. The van der Waals surface area contributed by atoms with Gasteiger partial charge >= 0.3 is 0 Å². The summed E-state index contributed by atoms with van der Waals surface area (Å²) >= 11 is 1.77. The average molecular weight is 467 g/mol. The first-order valence-corrected chi connectivity index (χ1v) is 14.8. The number of hydrogen-bond acceptors (Lipinski definition) is 2. The van der Waals surface area contributed by atoms with Crippen LogP contribution in [0.15, 0.2) is 35.1 Å². The second-order valence-corrected chi connectivity index (χ2v) is 11.3. The van der Waals surface area contributed by atoms with Gasteiger partial charge < -0.3 is 0 Å². The molecule has 0 bridgehead atoms. The van der Waals surface area contributed by atoms with E-state index in [1.165, 1.54) is 114 Å². The lowest BCUT2D eigenvalue weighted by Crippen LogP contribution is -2.17. The molecule has 1 atom stereocenters. The highest BCUT2D eigenvalue weighted by atomic mass is 32.1. The number of hydrogen-bond donors (Lipinski definition) is 0. The van der Waals surface area contributed by atoms with Gasteiger partial charge in [-0.15, -0.1) is 11.3 Å². The van der Waals surface area contributed by atoms with Crippen molar-refractivity contribution in [2.45, 2.75) is 122 Å². The third kappa shape index (κ3) is 9.04. The third-order valence-corrected chi connectivity index (χ3v) is 8.52. The molecule has 1 unspecified atom stereocenters. The Balaban J connectivity index is 1.18. The minimum Gasteiger partial charge on any atom is -0.289 e. The second-order valence-electron chi connectivity index (χ2n) is 10.2. The van der Waals surface area contributed by atoms with Gasteiger partial charge in [0.2, 0.25) is 0 Å². The van der Waals surface area contributed by atoms with Gasteiger partial charge in [-0.3, -0.25) is 4.79 Å². The Kier molecular flexibility index (Phi) is 12.3. The molecule has 0 saturated heterocycles. The van der Waals surface area contributed by atoms with Gasteiger partial charge in [0.25, 0.3) is 0 Å². The molecule has 1 aromatic carbocycles. The van der Waals surface area contributed by atoms with Crippen molar-refractivity contribution in [2.75, 3.05) is 0 Å². The molecule has 0 amide bonds. The Hall–Kier alpha value is -1.41. The van der Waals surface area contributed by atoms with Gasteiger partial charge in [0.15, 0.2) is 5.43 Å². The van der Waals surface area contributed by atoms with Crippen molar-refractivity contribution in [2.24, 2.45) is 5.92 Å². The number of benzene rings is 1. The predicted molar refractivity (Wildman–Crippen MR) is 148 cm³/mol. The molecule has 1 aromatic heterocycles. The fourth-order valence-corrected chi connectivity index (χ4v) is 6.33. The lowest BCUT2D eigenvalue weighted by Gasteiger charge is -2.19. The molecule has 1 aliphatic carbocycles. The first-order valence-electron chi connectivity index (χ1n) is 14.0. The van der Waals surface area contributed by atoms with Gasteiger partial charge in [-0.1, -0.05) is 128 Å². The average Bonchev–Trinajstić information content (AvgIpc) is 2.84. The summed E-state index contributed by atoms with van der Waals surface area (Å²) in [6.45, 7) is 2.29. The van der Waals surface area contributed by atoms with Crippen LogP contribution in [0.3, 0.4) is 0 Å². The van der Waals surface area contributed by atoms with Crippen LogP contribution in [0.5, 0.6) is 0 Å². The molecule has 0 N–H and O–H groups in total. The lowest BCUT2D eigenvalue weighted by molar-refractivity contribution is 0.503. The van der Waals surface area contributed by atoms with Crippen molar-refractivity contribution in [3.05, 3.63) is 51.0 Å². The highest BCUT2D eigenvalue weighted by Gasteiger charge is 2.18. The summed E-state index contributed by atoms with van der Waals surface area (Å²) in [7, 11) is 0. The molecule has 0 aliphatic heterocycles. The van der Waals surface area contributed by atoms with Crippen molar-refractivity contribution in [3.8, 4) is 0 Å². The van der Waals surface area contributed by atoms with E-state index in [0.29, 0.717) is 5.92 Å². The molecule has 0 radical (unpaired) electrons. The summed E-state index contributed by atoms with van der Waals surface area (Å²) in [6.07, 6.45) is 29.4. The maximum atomic E-state index is 12.9. The smallest absolute Gasteiger partial charge is 0.191 e. The van der Waals surface area contributed by atoms with E-state index in [-0.39, 0.29) is 5.43 Å². The minimum absolute atomic E-state index is 0.265. The molecule has 0 fully saturated rings. The van der Waals surface area contributed by atoms with Crippen molar-refractivity contribution in [1.29, 1.82) is 0 Å². The number of unbranched alkanes of at least 4 members (excludes halogenated alkanes) is 15. The first-order chi connectivity index (χ1) is 16.3. The molecular weight excluding hydrogens is 420 g/mol. The largest absolute Gasteiger partial charge is 0.289 e. The van der Waals surface area contributed by atoms with Gasteiger partial charge in [0.05, 0.1) is 0 Å². The van der Waals surface area contributed by atoms with Gasteiger partial charge in [0.1, 0.15) is 0 Å². The van der Waals surface area contributed by atoms with Gasteiger partial charge in [-0.05, 0) is 37.0 Å². The number of rotatable bonds is 17.